The summed E-state index contributed by atoms with van der Waals surface area (Å²) in [7, 11) is 1.01. The Kier molecular flexibility index (Phi) is 4.65. The molecular weight excluding hydrogens is 316 g/mol. The van der Waals surface area contributed by atoms with Crippen LogP contribution in [-0.2, 0) is 4.79 Å². The summed E-state index contributed by atoms with van der Waals surface area (Å²) >= 11 is 0. The number of carbonyl (C=O) groups excluding carboxylic acids is 1. The quantitative estimate of drug-likeness (QED) is 0.731. The van der Waals surface area contributed by atoms with E-state index < -0.39 is 36.0 Å². The molecule has 0 radical (unpaired) electrons. The second kappa shape index (κ2) is 4.95. The molecule has 12 heteroatoms. The molecule has 1 amide bonds. The van der Waals surface area contributed by atoms with Gasteiger partial charge in [-0.05, 0) is 0 Å². The number of amides is 1. The van der Waals surface area contributed by atoms with Crippen molar-refractivity contribution in [2.75, 3.05) is 14.1 Å². The van der Waals surface area contributed by atoms with Crippen LogP contribution in [-0.4, -0.2) is 49.1 Å². The molecule has 0 fully saturated rings. The standard InChI is InChI=1S/C8H7F10NO/c1-19(2)4(20)3(6(11,12)13)5(9,10)7(14,15)8(16,17)18/h3H,1-2H3. The van der Waals surface area contributed by atoms with E-state index >= 15 is 0 Å². The Morgan fingerprint density at radius 2 is 1.20 bits per heavy atom. The van der Waals surface area contributed by atoms with Crippen molar-refractivity contribution in [2.24, 2.45) is 5.92 Å². The third kappa shape index (κ3) is 3.08. The highest BCUT2D eigenvalue weighted by Gasteiger charge is 2.80. The molecule has 0 N–H and O–H groups in total. The van der Waals surface area contributed by atoms with Gasteiger partial charge in [0.15, 0.2) is 0 Å². The molecule has 20 heavy (non-hydrogen) atoms. The average Bonchev–Trinajstić information content (AvgIpc) is 2.12. The Hall–Kier alpha value is -1.23. The fraction of sp³-hybridized carbons (Fsp3) is 0.875. The number of hydrogen-bond acceptors (Lipinski definition) is 1. The van der Waals surface area contributed by atoms with Gasteiger partial charge in [0.1, 0.15) is 0 Å². The van der Waals surface area contributed by atoms with E-state index in [0.29, 0.717) is 14.1 Å². The molecule has 2 nitrogen and oxygen atoms in total. The Balaban J connectivity index is 6.00. The maximum absolute atomic E-state index is 13.0. The lowest BCUT2D eigenvalue weighted by molar-refractivity contribution is -0.381. The first-order valence-electron chi connectivity index (χ1n) is 4.58. The molecule has 0 bridgehead atoms. The molecular formula is C8H7F10NO. The molecule has 0 aromatic rings. The first kappa shape index (κ1) is 18.8. The van der Waals surface area contributed by atoms with E-state index in [2.05, 4.69) is 0 Å². The number of hydrogen-bond donors (Lipinski definition) is 0. The highest BCUT2D eigenvalue weighted by Crippen LogP contribution is 2.53. The summed E-state index contributed by atoms with van der Waals surface area (Å²) in [5.41, 5.74) is 0. The zero-order chi connectivity index (χ0) is 16.7. The lowest BCUT2D eigenvalue weighted by Gasteiger charge is -2.35. The zero-order valence-electron chi connectivity index (χ0n) is 9.71. The highest BCUT2D eigenvalue weighted by atomic mass is 19.4. The van der Waals surface area contributed by atoms with E-state index in [1.807, 2.05) is 0 Å². The van der Waals surface area contributed by atoms with Crippen molar-refractivity contribution in [3.05, 3.63) is 0 Å². The molecule has 1 unspecified atom stereocenters. The van der Waals surface area contributed by atoms with E-state index in [4.69, 9.17) is 0 Å². The molecule has 120 valence electrons. The Morgan fingerprint density at radius 1 is 0.850 bits per heavy atom. The lowest BCUT2D eigenvalue weighted by Crippen LogP contribution is -2.62. The van der Waals surface area contributed by atoms with Gasteiger partial charge in [-0.25, -0.2) is 0 Å². The molecule has 0 aliphatic rings. The minimum atomic E-state index is -7.02. The lowest BCUT2D eigenvalue weighted by atomic mass is 9.93. The maximum atomic E-state index is 13.0. The van der Waals surface area contributed by atoms with Gasteiger partial charge in [0.05, 0.1) is 0 Å². The largest absolute Gasteiger partial charge is 0.459 e. The van der Waals surface area contributed by atoms with Crippen molar-refractivity contribution in [3.63, 3.8) is 0 Å². The number of rotatable bonds is 3. The van der Waals surface area contributed by atoms with Crippen LogP contribution in [0.3, 0.4) is 0 Å². The number of nitrogens with zero attached hydrogens (tertiary/aromatic N) is 1. The number of carbonyl (C=O) groups is 1. The molecule has 0 heterocycles. The second-order valence-electron chi connectivity index (χ2n) is 3.90. The van der Waals surface area contributed by atoms with Crippen LogP contribution < -0.4 is 0 Å². The summed E-state index contributed by atoms with van der Waals surface area (Å²) < 4.78 is 124. The van der Waals surface area contributed by atoms with E-state index in [-0.39, 0.29) is 4.90 Å². The first-order valence-corrected chi connectivity index (χ1v) is 4.58. The molecule has 0 aliphatic carbocycles. The summed E-state index contributed by atoms with van der Waals surface area (Å²) in [4.78, 5) is 10.8. The van der Waals surface area contributed by atoms with Crippen molar-refractivity contribution in [1.82, 2.24) is 4.90 Å². The van der Waals surface area contributed by atoms with Crippen molar-refractivity contribution in [3.8, 4) is 0 Å². The molecule has 0 rings (SSSR count). The van der Waals surface area contributed by atoms with Gasteiger partial charge < -0.3 is 4.90 Å². The molecule has 0 aromatic carbocycles. The van der Waals surface area contributed by atoms with Crippen LogP contribution in [0.4, 0.5) is 43.9 Å². The Labute approximate surface area is 105 Å². The molecule has 0 aromatic heterocycles. The van der Waals surface area contributed by atoms with E-state index in [9.17, 15) is 48.7 Å². The van der Waals surface area contributed by atoms with Crippen molar-refractivity contribution in [2.45, 2.75) is 24.2 Å². The summed E-state index contributed by atoms with van der Waals surface area (Å²) in [6.07, 6.45) is -13.2. The van der Waals surface area contributed by atoms with Crippen LogP contribution in [0.2, 0.25) is 0 Å². The van der Waals surface area contributed by atoms with Gasteiger partial charge in [-0.1, -0.05) is 0 Å². The van der Waals surface area contributed by atoms with Gasteiger partial charge in [0.25, 0.3) is 0 Å². The third-order valence-corrected chi connectivity index (χ3v) is 2.15. The summed E-state index contributed by atoms with van der Waals surface area (Å²) in [5, 5.41) is 0. The van der Waals surface area contributed by atoms with E-state index in [1.165, 1.54) is 0 Å². The smallest absolute Gasteiger partial charge is 0.348 e. The van der Waals surface area contributed by atoms with Crippen LogP contribution in [0.5, 0.6) is 0 Å². The fourth-order valence-electron chi connectivity index (χ4n) is 1.13. The minimum Gasteiger partial charge on any atom is -0.348 e. The fourth-order valence-corrected chi connectivity index (χ4v) is 1.13. The predicted molar refractivity (Wildman–Crippen MR) is 44.2 cm³/mol. The Morgan fingerprint density at radius 3 is 1.40 bits per heavy atom. The van der Waals surface area contributed by atoms with Crippen molar-refractivity contribution < 1.29 is 48.7 Å². The number of halogens is 10. The SMILES string of the molecule is CN(C)C(=O)C(C(F)(F)F)C(F)(F)C(F)(F)C(F)(F)F. The summed E-state index contributed by atoms with van der Waals surface area (Å²) in [5.74, 6) is -21.1. The molecule has 0 saturated heterocycles. The second-order valence-corrected chi connectivity index (χ2v) is 3.90. The third-order valence-electron chi connectivity index (χ3n) is 2.15. The molecule has 1 atom stereocenters. The van der Waals surface area contributed by atoms with Gasteiger partial charge in [-0.15, -0.1) is 0 Å². The maximum Gasteiger partial charge on any atom is 0.459 e. The predicted octanol–water partition coefficient (Wildman–Crippen LogP) is 3.09. The average molecular weight is 323 g/mol. The van der Waals surface area contributed by atoms with Gasteiger partial charge in [0.2, 0.25) is 11.8 Å². The molecule has 0 saturated carbocycles. The van der Waals surface area contributed by atoms with Crippen LogP contribution in [0.25, 0.3) is 0 Å². The van der Waals surface area contributed by atoms with E-state index in [1.54, 1.807) is 0 Å². The van der Waals surface area contributed by atoms with Crippen molar-refractivity contribution >= 4 is 5.91 Å². The Bertz CT molecular complexity index is 368. The van der Waals surface area contributed by atoms with Gasteiger partial charge in [-0.2, -0.15) is 43.9 Å². The van der Waals surface area contributed by atoms with Crippen LogP contribution in [0.15, 0.2) is 0 Å². The van der Waals surface area contributed by atoms with Crippen molar-refractivity contribution in [1.29, 1.82) is 0 Å². The number of alkyl halides is 10. The zero-order valence-corrected chi connectivity index (χ0v) is 9.71. The monoisotopic (exact) mass is 323 g/mol. The highest BCUT2D eigenvalue weighted by molar-refractivity contribution is 5.80. The molecule has 0 spiro atoms. The van der Waals surface area contributed by atoms with Crippen LogP contribution >= 0.6 is 0 Å². The topological polar surface area (TPSA) is 20.3 Å². The first-order chi connectivity index (χ1) is 8.48. The van der Waals surface area contributed by atoms with Gasteiger partial charge >= 0.3 is 24.2 Å². The van der Waals surface area contributed by atoms with Crippen LogP contribution in [0.1, 0.15) is 0 Å². The minimum absolute atomic E-state index is 0.154. The summed E-state index contributed by atoms with van der Waals surface area (Å²) in [6, 6.07) is 0. The van der Waals surface area contributed by atoms with Gasteiger partial charge in [0, 0.05) is 14.1 Å². The van der Waals surface area contributed by atoms with Crippen LogP contribution in [0, 0.1) is 5.92 Å². The molecule has 0 aliphatic heterocycles. The summed E-state index contributed by atoms with van der Waals surface area (Å²) in [6.45, 7) is 0. The normalized spacial score (nSPS) is 16.0. The van der Waals surface area contributed by atoms with Gasteiger partial charge in [-0.3, -0.25) is 4.79 Å². The van der Waals surface area contributed by atoms with E-state index in [0.717, 1.165) is 0 Å².